The van der Waals surface area contributed by atoms with E-state index < -0.39 is 10.0 Å². The van der Waals surface area contributed by atoms with Gasteiger partial charge in [-0.05, 0) is 50.3 Å². The van der Waals surface area contributed by atoms with Gasteiger partial charge in [0, 0.05) is 25.7 Å². The Morgan fingerprint density at radius 3 is 2.52 bits per heavy atom. The maximum absolute atomic E-state index is 12.2. The van der Waals surface area contributed by atoms with Crippen LogP contribution in [0.5, 0.6) is 0 Å². The number of benzene rings is 1. The number of guanidine groups is 1. The molecule has 1 aliphatic carbocycles. The van der Waals surface area contributed by atoms with Crippen molar-refractivity contribution >= 4 is 40.0 Å². The minimum Gasteiger partial charge on any atom is -0.376 e. The summed E-state index contributed by atoms with van der Waals surface area (Å²) in [6.07, 6.45) is 4.31. The molecule has 2 aliphatic rings. The van der Waals surface area contributed by atoms with Crippen LogP contribution in [0.25, 0.3) is 0 Å². The largest absolute Gasteiger partial charge is 0.376 e. The first kappa shape index (κ1) is 22.4. The summed E-state index contributed by atoms with van der Waals surface area (Å²) in [5, 5.41) is 6.52. The molecule has 0 spiro atoms. The molecule has 1 saturated heterocycles. The number of hydrogen-bond donors (Lipinski definition) is 3. The molecule has 7 nitrogen and oxygen atoms in total. The monoisotopic (exact) mass is 508 g/mol. The lowest BCUT2D eigenvalue weighted by atomic mass is 10.2. The van der Waals surface area contributed by atoms with Crippen molar-refractivity contribution in [2.45, 2.75) is 56.2 Å². The average Bonchev–Trinajstić information content (AvgIpc) is 3.27. The summed E-state index contributed by atoms with van der Waals surface area (Å²) in [6.45, 7) is 4.87. The van der Waals surface area contributed by atoms with Crippen LogP contribution in [-0.4, -0.2) is 46.2 Å². The number of aliphatic imine (C=N–C) groups is 1. The van der Waals surface area contributed by atoms with Gasteiger partial charge >= 0.3 is 0 Å². The molecule has 0 aromatic heterocycles. The van der Waals surface area contributed by atoms with Crippen molar-refractivity contribution in [1.29, 1.82) is 0 Å². The number of ether oxygens (including phenoxy) is 1. The Morgan fingerprint density at radius 2 is 1.93 bits per heavy atom. The predicted octanol–water partition coefficient (Wildman–Crippen LogP) is 1.98. The highest BCUT2D eigenvalue weighted by Gasteiger charge is 2.27. The lowest BCUT2D eigenvalue weighted by Crippen LogP contribution is -2.41. The maximum atomic E-state index is 12.2. The van der Waals surface area contributed by atoms with E-state index in [-0.39, 0.29) is 36.1 Å². The van der Waals surface area contributed by atoms with E-state index >= 15 is 0 Å². The Labute approximate surface area is 178 Å². The summed E-state index contributed by atoms with van der Waals surface area (Å²) in [6, 6.07) is 7.02. The molecule has 1 unspecified atom stereocenters. The number of sulfonamides is 1. The number of nitrogens with zero attached hydrogens (tertiary/aromatic N) is 1. The first-order valence-corrected chi connectivity index (χ1v) is 10.8. The standard InChI is InChI=1S/C18H28N4O3S.HI/c1-2-19-18(21-13-16-4-3-11-25-16)20-12-14-5-9-17(10-6-14)26(23,24)22-15-7-8-15;/h5-6,9-10,15-16,22H,2-4,7-8,11-13H2,1H3,(H2,19,20,21);1H. The molecular weight excluding hydrogens is 479 g/mol. The van der Waals surface area contributed by atoms with Crippen LogP contribution in [-0.2, 0) is 21.3 Å². The summed E-state index contributed by atoms with van der Waals surface area (Å²) < 4.78 is 32.7. The Bertz CT molecular complexity index is 715. The molecule has 9 heteroatoms. The number of halogens is 1. The van der Waals surface area contributed by atoms with Crippen LogP contribution in [0.4, 0.5) is 0 Å². The molecule has 0 bridgehead atoms. The van der Waals surface area contributed by atoms with Crippen molar-refractivity contribution in [2.75, 3.05) is 19.7 Å². The molecule has 1 atom stereocenters. The van der Waals surface area contributed by atoms with E-state index in [4.69, 9.17) is 4.74 Å². The third-order valence-electron chi connectivity index (χ3n) is 4.42. The van der Waals surface area contributed by atoms with Gasteiger partial charge in [-0.2, -0.15) is 0 Å². The van der Waals surface area contributed by atoms with Crippen LogP contribution < -0.4 is 15.4 Å². The van der Waals surface area contributed by atoms with Gasteiger partial charge in [-0.3, -0.25) is 0 Å². The maximum Gasteiger partial charge on any atom is 0.240 e. The second-order valence-corrected chi connectivity index (χ2v) is 8.46. The molecule has 3 rings (SSSR count). The molecule has 0 radical (unpaired) electrons. The lowest BCUT2D eigenvalue weighted by Gasteiger charge is -2.14. The highest BCUT2D eigenvalue weighted by atomic mass is 127. The molecule has 3 N–H and O–H groups in total. The van der Waals surface area contributed by atoms with Crippen molar-refractivity contribution in [3.8, 4) is 0 Å². The fraction of sp³-hybridized carbons (Fsp3) is 0.611. The van der Waals surface area contributed by atoms with Gasteiger partial charge in [0.15, 0.2) is 5.96 Å². The van der Waals surface area contributed by atoms with E-state index in [9.17, 15) is 8.42 Å². The van der Waals surface area contributed by atoms with E-state index in [1.165, 1.54) is 0 Å². The van der Waals surface area contributed by atoms with Crippen molar-refractivity contribution in [1.82, 2.24) is 15.4 Å². The lowest BCUT2D eigenvalue weighted by molar-refractivity contribution is 0.114. The third kappa shape index (κ3) is 7.20. The molecule has 1 aromatic rings. The van der Waals surface area contributed by atoms with Gasteiger partial charge in [-0.1, -0.05) is 12.1 Å². The molecule has 1 aliphatic heterocycles. The quantitative estimate of drug-likeness (QED) is 0.284. The highest BCUT2D eigenvalue weighted by Crippen LogP contribution is 2.22. The molecule has 2 fully saturated rings. The second kappa shape index (κ2) is 10.6. The third-order valence-corrected chi connectivity index (χ3v) is 5.95. The van der Waals surface area contributed by atoms with E-state index in [1.807, 2.05) is 19.1 Å². The first-order valence-electron chi connectivity index (χ1n) is 9.32. The average molecular weight is 508 g/mol. The second-order valence-electron chi connectivity index (χ2n) is 6.75. The zero-order valence-corrected chi connectivity index (χ0v) is 18.8. The van der Waals surface area contributed by atoms with Gasteiger partial charge in [-0.15, -0.1) is 24.0 Å². The Kier molecular flexibility index (Phi) is 8.77. The fourth-order valence-corrected chi connectivity index (χ4v) is 4.10. The summed E-state index contributed by atoms with van der Waals surface area (Å²) >= 11 is 0. The Morgan fingerprint density at radius 1 is 1.19 bits per heavy atom. The van der Waals surface area contributed by atoms with Crippen molar-refractivity contribution in [3.63, 3.8) is 0 Å². The van der Waals surface area contributed by atoms with Gasteiger partial charge in [0.25, 0.3) is 0 Å². The summed E-state index contributed by atoms with van der Waals surface area (Å²) in [7, 11) is -3.40. The zero-order valence-electron chi connectivity index (χ0n) is 15.6. The van der Waals surface area contributed by atoms with E-state index in [0.717, 1.165) is 56.9 Å². The molecule has 1 heterocycles. The minimum absolute atomic E-state index is 0. The molecule has 152 valence electrons. The smallest absolute Gasteiger partial charge is 0.240 e. The van der Waals surface area contributed by atoms with E-state index in [2.05, 4.69) is 20.3 Å². The Balaban J connectivity index is 0.00000261. The summed E-state index contributed by atoms with van der Waals surface area (Å²) in [5.74, 6) is 0.745. The van der Waals surface area contributed by atoms with E-state index in [1.54, 1.807) is 12.1 Å². The Hall–Kier alpha value is -0.910. The summed E-state index contributed by atoms with van der Waals surface area (Å²) in [5.41, 5.74) is 0.963. The molecule has 1 saturated carbocycles. The number of hydrogen-bond acceptors (Lipinski definition) is 4. The fourth-order valence-electron chi connectivity index (χ4n) is 2.79. The topological polar surface area (TPSA) is 91.8 Å². The molecule has 27 heavy (non-hydrogen) atoms. The van der Waals surface area contributed by atoms with E-state index in [0.29, 0.717) is 11.4 Å². The molecular formula is C18H29IN4O3S. The van der Waals surface area contributed by atoms with Crippen LogP contribution in [0.15, 0.2) is 34.2 Å². The van der Waals surface area contributed by atoms with Crippen LogP contribution in [0.2, 0.25) is 0 Å². The zero-order chi connectivity index (χ0) is 18.4. The van der Waals surface area contributed by atoms with Gasteiger partial charge in [0.2, 0.25) is 10.0 Å². The van der Waals surface area contributed by atoms with Crippen LogP contribution >= 0.6 is 24.0 Å². The van der Waals surface area contributed by atoms with Gasteiger partial charge in [0.05, 0.1) is 17.5 Å². The minimum atomic E-state index is -3.40. The SMILES string of the molecule is CCNC(=NCc1ccc(S(=O)(=O)NC2CC2)cc1)NCC1CCCO1.I. The predicted molar refractivity (Wildman–Crippen MR) is 117 cm³/mol. The van der Waals surface area contributed by atoms with Crippen molar-refractivity contribution in [2.24, 2.45) is 4.99 Å². The van der Waals surface area contributed by atoms with Gasteiger partial charge in [0.1, 0.15) is 0 Å². The normalized spacial score (nSPS) is 20.2. The van der Waals surface area contributed by atoms with Gasteiger partial charge < -0.3 is 15.4 Å². The summed E-state index contributed by atoms with van der Waals surface area (Å²) in [4.78, 5) is 4.87. The van der Waals surface area contributed by atoms with Crippen molar-refractivity contribution < 1.29 is 13.2 Å². The number of nitrogens with one attached hydrogen (secondary N) is 3. The van der Waals surface area contributed by atoms with Crippen LogP contribution in [0.3, 0.4) is 0 Å². The molecule has 1 aromatic carbocycles. The van der Waals surface area contributed by atoms with Gasteiger partial charge in [-0.25, -0.2) is 18.1 Å². The van der Waals surface area contributed by atoms with Crippen LogP contribution in [0.1, 0.15) is 38.2 Å². The first-order chi connectivity index (χ1) is 12.6. The molecule has 0 amide bonds. The highest BCUT2D eigenvalue weighted by molar-refractivity contribution is 14.0. The van der Waals surface area contributed by atoms with Crippen molar-refractivity contribution in [3.05, 3.63) is 29.8 Å². The van der Waals surface area contributed by atoms with Crippen LogP contribution in [0, 0.1) is 0 Å². The number of rotatable bonds is 8.